The van der Waals surface area contributed by atoms with Crippen molar-refractivity contribution in [3.05, 3.63) is 65.7 Å². The summed E-state index contributed by atoms with van der Waals surface area (Å²) in [6.07, 6.45) is 3.17. The SMILES string of the molecule is Cc1ccc(NC(=O)C(=O)NCC2CCN(CCc3ccccc3)CC2)cc1. The molecule has 1 saturated heterocycles. The number of hydrogen-bond acceptors (Lipinski definition) is 3. The van der Waals surface area contributed by atoms with Gasteiger partial charge in [-0.2, -0.15) is 0 Å². The second kappa shape index (κ2) is 10.0. The maximum atomic E-state index is 12.0. The number of likely N-dealkylation sites (tertiary alicyclic amines) is 1. The molecule has 2 N–H and O–H groups in total. The second-order valence-electron chi connectivity index (χ2n) is 7.55. The molecule has 0 radical (unpaired) electrons. The Morgan fingerprint density at radius 3 is 2.32 bits per heavy atom. The predicted molar refractivity (Wildman–Crippen MR) is 112 cm³/mol. The first-order valence-electron chi connectivity index (χ1n) is 10.0. The molecule has 0 saturated carbocycles. The van der Waals surface area contributed by atoms with Gasteiger partial charge in [0.2, 0.25) is 0 Å². The summed E-state index contributed by atoms with van der Waals surface area (Å²) in [5.74, 6) is -0.736. The van der Waals surface area contributed by atoms with Gasteiger partial charge in [0.1, 0.15) is 0 Å². The van der Waals surface area contributed by atoms with Gasteiger partial charge >= 0.3 is 11.8 Å². The van der Waals surface area contributed by atoms with Gasteiger partial charge in [-0.25, -0.2) is 0 Å². The van der Waals surface area contributed by atoms with E-state index in [1.165, 1.54) is 5.56 Å². The molecule has 2 amide bonds. The van der Waals surface area contributed by atoms with Crippen LogP contribution in [0.5, 0.6) is 0 Å². The fourth-order valence-electron chi connectivity index (χ4n) is 3.49. The molecule has 28 heavy (non-hydrogen) atoms. The lowest BCUT2D eigenvalue weighted by molar-refractivity contribution is -0.136. The average Bonchev–Trinajstić information content (AvgIpc) is 2.73. The van der Waals surface area contributed by atoms with Crippen molar-refractivity contribution >= 4 is 17.5 Å². The zero-order valence-corrected chi connectivity index (χ0v) is 16.5. The van der Waals surface area contributed by atoms with Crippen molar-refractivity contribution in [1.82, 2.24) is 10.2 Å². The molecule has 1 fully saturated rings. The molecule has 0 aliphatic carbocycles. The number of hydrogen-bond donors (Lipinski definition) is 2. The Morgan fingerprint density at radius 1 is 0.964 bits per heavy atom. The molecular weight excluding hydrogens is 350 g/mol. The van der Waals surface area contributed by atoms with Crippen molar-refractivity contribution < 1.29 is 9.59 Å². The van der Waals surface area contributed by atoms with Gasteiger partial charge in [-0.15, -0.1) is 0 Å². The third-order valence-electron chi connectivity index (χ3n) is 5.33. The molecule has 3 rings (SSSR count). The first-order valence-corrected chi connectivity index (χ1v) is 10.0. The van der Waals surface area contributed by atoms with Gasteiger partial charge in [0.25, 0.3) is 0 Å². The van der Waals surface area contributed by atoms with E-state index in [-0.39, 0.29) is 0 Å². The van der Waals surface area contributed by atoms with Gasteiger partial charge in [-0.05, 0) is 62.9 Å². The highest BCUT2D eigenvalue weighted by molar-refractivity contribution is 6.39. The Hall–Kier alpha value is -2.66. The molecule has 1 aliphatic heterocycles. The molecule has 0 unspecified atom stereocenters. The maximum Gasteiger partial charge on any atom is 0.313 e. The Balaban J connectivity index is 1.33. The molecule has 2 aromatic rings. The van der Waals surface area contributed by atoms with E-state index in [0.717, 1.165) is 44.5 Å². The minimum atomic E-state index is -0.607. The minimum absolute atomic E-state index is 0.434. The number of rotatable bonds is 6. The molecule has 2 aromatic carbocycles. The van der Waals surface area contributed by atoms with Crippen LogP contribution in [0, 0.1) is 12.8 Å². The van der Waals surface area contributed by atoms with Crippen molar-refractivity contribution in [2.75, 3.05) is 31.5 Å². The van der Waals surface area contributed by atoms with Crippen molar-refractivity contribution in [3.8, 4) is 0 Å². The lowest BCUT2D eigenvalue weighted by Gasteiger charge is -2.32. The highest BCUT2D eigenvalue weighted by Gasteiger charge is 2.21. The van der Waals surface area contributed by atoms with Crippen LogP contribution in [0.3, 0.4) is 0 Å². The van der Waals surface area contributed by atoms with Crippen LogP contribution in [0.1, 0.15) is 24.0 Å². The van der Waals surface area contributed by atoms with E-state index in [1.807, 2.05) is 25.1 Å². The van der Waals surface area contributed by atoms with E-state index in [2.05, 4.69) is 39.8 Å². The van der Waals surface area contributed by atoms with Crippen molar-refractivity contribution in [2.45, 2.75) is 26.2 Å². The summed E-state index contributed by atoms with van der Waals surface area (Å²) >= 11 is 0. The van der Waals surface area contributed by atoms with Gasteiger partial charge in [0.15, 0.2) is 0 Å². The van der Waals surface area contributed by atoms with Gasteiger partial charge in [-0.1, -0.05) is 48.0 Å². The van der Waals surface area contributed by atoms with E-state index < -0.39 is 11.8 Å². The monoisotopic (exact) mass is 379 g/mol. The molecule has 5 nitrogen and oxygen atoms in total. The molecular formula is C23H29N3O2. The Kier molecular flexibility index (Phi) is 7.20. The summed E-state index contributed by atoms with van der Waals surface area (Å²) in [4.78, 5) is 26.5. The van der Waals surface area contributed by atoms with Crippen LogP contribution in [0.4, 0.5) is 5.69 Å². The van der Waals surface area contributed by atoms with Gasteiger partial charge in [0, 0.05) is 18.8 Å². The number of amides is 2. The number of nitrogens with one attached hydrogen (secondary N) is 2. The normalized spacial score (nSPS) is 15.2. The fourth-order valence-corrected chi connectivity index (χ4v) is 3.49. The third-order valence-corrected chi connectivity index (χ3v) is 5.33. The van der Waals surface area contributed by atoms with Crippen LogP contribution < -0.4 is 10.6 Å². The zero-order valence-electron chi connectivity index (χ0n) is 16.5. The number of nitrogens with zero attached hydrogens (tertiary/aromatic N) is 1. The van der Waals surface area contributed by atoms with Crippen molar-refractivity contribution in [2.24, 2.45) is 5.92 Å². The molecule has 1 aliphatic rings. The van der Waals surface area contributed by atoms with E-state index in [4.69, 9.17) is 0 Å². The van der Waals surface area contributed by atoms with Crippen LogP contribution in [0.2, 0.25) is 0 Å². The van der Waals surface area contributed by atoms with Gasteiger partial charge in [-0.3, -0.25) is 9.59 Å². The van der Waals surface area contributed by atoms with Gasteiger partial charge in [0.05, 0.1) is 0 Å². The molecule has 1 heterocycles. The van der Waals surface area contributed by atoms with E-state index in [9.17, 15) is 9.59 Å². The zero-order chi connectivity index (χ0) is 19.8. The lowest BCUT2D eigenvalue weighted by atomic mass is 9.96. The van der Waals surface area contributed by atoms with Gasteiger partial charge < -0.3 is 15.5 Å². The van der Waals surface area contributed by atoms with E-state index in [1.54, 1.807) is 12.1 Å². The summed E-state index contributed by atoms with van der Waals surface area (Å²) in [6.45, 7) is 5.70. The second-order valence-corrected chi connectivity index (χ2v) is 7.55. The standard InChI is InChI=1S/C23H29N3O2/c1-18-7-9-21(10-8-18)25-23(28)22(27)24-17-20-12-15-26(16-13-20)14-11-19-5-3-2-4-6-19/h2-10,20H,11-17H2,1H3,(H,24,27)(H,25,28). The summed E-state index contributed by atoms with van der Waals surface area (Å²) in [7, 11) is 0. The molecule has 0 bridgehead atoms. The highest BCUT2D eigenvalue weighted by Crippen LogP contribution is 2.17. The first kappa shape index (κ1) is 20.1. The van der Waals surface area contributed by atoms with E-state index in [0.29, 0.717) is 18.2 Å². The van der Waals surface area contributed by atoms with Crippen LogP contribution in [-0.2, 0) is 16.0 Å². The molecule has 0 aromatic heterocycles. The van der Waals surface area contributed by atoms with Crippen LogP contribution >= 0.6 is 0 Å². The Labute approximate surface area is 167 Å². The van der Waals surface area contributed by atoms with Crippen LogP contribution in [0.25, 0.3) is 0 Å². The molecule has 5 heteroatoms. The van der Waals surface area contributed by atoms with Crippen LogP contribution in [0.15, 0.2) is 54.6 Å². The van der Waals surface area contributed by atoms with Crippen molar-refractivity contribution in [1.29, 1.82) is 0 Å². The lowest BCUT2D eigenvalue weighted by Crippen LogP contribution is -2.42. The third kappa shape index (κ3) is 6.20. The topological polar surface area (TPSA) is 61.4 Å². The number of aryl methyl sites for hydroxylation is 1. The smallest absolute Gasteiger partial charge is 0.313 e. The highest BCUT2D eigenvalue weighted by atomic mass is 16.2. The number of piperidine rings is 1. The van der Waals surface area contributed by atoms with Crippen LogP contribution in [-0.4, -0.2) is 42.9 Å². The summed E-state index contributed by atoms with van der Waals surface area (Å²) in [5, 5.41) is 5.42. The quantitative estimate of drug-likeness (QED) is 0.759. The number of benzene rings is 2. The fraction of sp³-hybridized carbons (Fsp3) is 0.391. The molecule has 0 spiro atoms. The molecule has 148 valence electrons. The summed E-state index contributed by atoms with van der Waals surface area (Å²) in [6, 6.07) is 18.0. The number of carbonyl (C=O) groups excluding carboxylic acids is 2. The summed E-state index contributed by atoms with van der Waals surface area (Å²) < 4.78 is 0. The Bertz CT molecular complexity index is 766. The first-order chi connectivity index (χ1) is 13.6. The average molecular weight is 380 g/mol. The largest absolute Gasteiger partial charge is 0.348 e. The predicted octanol–water partition coefficient (Wildman–Crippen LogP) is 3.00. The Morgan fingerprint density at radius 2 is 1.64 bits per heavy atom. The number of anilines is 1. The molecule has 0 atom stereocenters. The number of carbonyl (C=O) groups is 2. The van der Waals surface area contributed by atoms with Crippen molar-refractivity contribution in [3.63, 3.8) is 0 Å². The maximum absolute atomic E-state index is 12.0. The minimum Gasteiger partial charge on any atom is -0.348 e. The summed E-state index contributed by atoms with van der Waals surface area (Å²) in [5.41, 5.74) is 3.12. The van der Waals surface area contributed by atoms with E-state index >= 15 is 0 Å².